The van der Waals surface area contributed by atoms with Gasteiger partial charge in [0.25, 0.3) is 5.91 Å². The van der Waals surface area contributed by atoms with E-state index in [1.54, 1.807) is 0 Å². The second-order valence-corrected chi connectivity index (χ2v) is 9.91. The number of morpholine rings is 1. The molecule has 0 radical (unpaired) electrons. The molecule has 0 spiro atoms. The molecule has 3 aromatic rings. The molecule has 0 saturated carbocycles. The average molecular weight is 500 g/mol. The van der Waals surface area contributed by atoms with Crippen molar-refractivity contribution in [2.45, 2.75) is 26.2 Å². The molecule has 7 nitrogen and oxygen atoms in total. The number of pyridine rings is 1. The number of hydrogen-bond donors (Lipinski definition) is 2. The minimum Gasteiger partial charge on any atom is -0.384 e. The van der Waals surface area contributed by atoms with E-state index in [1.807, 2.05) is 42.6 Å². The maximum absolute atomic E-state index is 13.3. The number of rotatable bonds is 8. The summed E-state index contributed by atoms with van der Waals surface area (Å²) < 4.78 is 5.42. The summed E-state index contributed by atoms with van der Waals surface area (Å²) >= 11 is 0. The number of aromatic nitrogens is 1. The van der Waals surface area contributed by atoms with Crippen molar-refractivity contribution in [1.82, 2.24) is 9.88 Å². The van der Waals surface area contributed by atoms with Crippen LogP contribution in [0.15, 0.2) is 60.8 Å². The fraction of sp³-hybridized carbons (Fsp3) is 0.400. The SMILES string of the molecule is Cc1ccnc(-c2cc(N3CCCCC3)ccc2NC(=O)c2cccc(NCCN3CCOCC3)c2)c1. The molecule has 0 bridgehead atoms. The monoisotopic (exact) mass is 499 g/mol. The molecular formula is C30H37N5O2. The lowest BCUT2D eigenvalue weighted by atomic mass is 10.0. The van der Waals surface area contributed by atoms with E-state index in [4.69, 9.17) is 4.74 Å². The third-order valence-electron chi connectivity index (χ3n) is 7.15. The number of amides is 1. The van der Waals surface area contributed by atoms with Gasteiger partial charge in [0.1, 0.15) is 0 Å². The molecule has 2 fully saturated rings. The molecule has 7 heteroatoms. The van der Waals surface area contributed by atoms with Gasteiger partial charge >= 0.3 is 0 Å². The molecule has 5 rings (SSSR count). The highest BCUT2D eigenvalue weighted by Crippen LogP contribution is 2.33. The van der Waals surface area contributed by atoms with E-state index < -0.39 is 0 Å². The summed E-state index contributed by atoms with van der Waals surface area (Å²) in [5, 5.41) is 6.62. The summed E-state index contributed by atoms with van der Waals surface area (Å²) in [5.74, 6) is -0.128. The molecule has 2 saturated heterocycles. The largest absolute Gasteiger partial charge is 0.384 e. The van der Waals surface area contributed by atoms with Crippen molar-refractivity contribution in [3.63, 3.8) is 0 Å². The number of hydrogen-bond acceptors (Lipinski definition) is 6. The van der Waals surface area contributed by atoms with E-state index in [0.29, 0.717) is 5.56 Å². The summed E-state index contributed by atoms with van der Waals surface area (Å²) in [7, 11) is 0. The molecule has 1 amide bonds. The van der Waals surface area contributed by atoms with Crippen LogP contribution >= 0.6 is 0 Å². The number of carbonyl (C=O) groups is 1. The Morgan fingerprint density at radius 2 is 1.81 bits per heavy atom. The first kappa shape index (κ1) is 25.2. The van der Waals surface area contributed by atoms with E-state index >= 15 is 0 Å². The number of nitrogens with zero attached hydrogens (tertiary/aromatic N) is 3. The third kappa shape index (κ3) is 6.67. The maximum atomic E-state index is 13.3. The number of aryl methyl sites for hydroxylation is 1. The molecule has 2 aliphatic rings. The second-order valence-electron chi connectivity index (χ2n) is 9.91. The highest BCUT2D eigenvalue weighted by atomic mass is 16.5. The highest BCUT2D eigenvalue weighted by Gasteiger charge is 2.17. The van der Waals surface area contributed by atoms with Crippen LogP contribution in [0, 0.1) is 6.92 Å². The lowest BCUT2D eigenvalue weighted by Crippen LogP contribution is -2.39. The predicted octanol–water partition coefficient (Wildman–Crippen LogP) is 5.04. The topological polar surface area (TPSA) is 69.7 Å². The van der Waals surface area contributed by atoms with E-state index in [0.717, 1.165) is 80.7 Å². The van der Waals surface area contributed by atoms with Crippen LogP contribution in [-0.2, 0) is 4.74 Å². The van der Waals surface area contributed by atoms with Gasteiger partial charge in [-0.05, 0) is 80.3 Å². The summed E-state index contributed by atoms with van der Waals surface area (Å²) in [6.45, 7) is 9.52. The lowest BCUT2D eigenvalue weighted by Gasteiger charge is -2.29. The number of nitrogens with one attached hydrogen (secondary N) is 2. The van der Waals surface area contributed by atoms with Crippen LogP contribution in [0.2, 0.25) is 0 Å². The van der Waals surface area contributed by atoms with Gasteiger partial charge in [0, 0.05) is 68.0 Å². The molecular weight excluding hydrogens is 462 g/mol. The van der Waals surface area contributed by atoms with Gasteiger partial charge < -0.3 is 20.3 Å². The average Bonchev–Trinajstić information content (AvgIpc) is 2.94. The molecule has 2 aliphatic heterocycles. The van der Waals surface area contributed by atoms with Crippen LogP contribution in [0.25, 0.3) is 11.3 Å². The minimum absolute atomic E-state index is 0.128. The van der Waals surface area contributed by atoms with Gasteiger partial charge in [-0.15, -0.1) is 0 Å². The number of ether oxygens (including phenoxy) is 1. The molecule has 2 aromatic carbocycles. The van der Waals surface area contributed by atoms with Gasteiger partial charge in [-0.1, -0.05) is 6.07 Å². The first-order valence-electron chi connectivity index (χ1n) is 13.4. The maximum Gasteiger partial charge on any atom is 0.255 e. The quantitative estimate of drug-likeness (QED) is 0.452. The lowest BCUT2D eigenvalue weighted by molar-refractivity contribution is 0.0398. The Kier molecular flexibility index (Phi) is 8.33. The summed E-state index contributed by atoms with van der Waals surface area (Å²) in [6.07, 6.45) is 5.55. The number of carbonyl (C=O) groups excluding carboxylic acids is 1. The highest BCUT2D eigenvalue weighted by molar-refractivity contribution is 6.06. The minimum atomic E-state index is -0.128. The first-order valence-corrected chi connectivity index (χ1v) is 13.4. The van der Waals surface area contributed by atoms with Crippen LogP contribution < -0.4 is 15.5 Å². The Balaban J connectivity index is 1.31. The third-order valence-corrected chi connectivity index (χ3v) is 7.15. The van der Waals surface area contributed by atoms with Crippen LogP contribution in [0.5, 0.6) is 0 Å². The second kappa shape index (κ2) is 12.2. The smallest absolute Gasteiger partial charge is 0.255 e. The standard InChI is InChI=1S/C30H37N5O2/c1-23-10-11-32-29(20-23)27-22-26(35-13-3-2-4-14-35)8-9-28(27)33-30(36)24-6-5-7-25(21-24)31-12-15-34-16-18-37-19-17-34/h5-11,20-22,31H,2-4,12-19H2,1H3,(H,33,36). The Bertz CT molecular complexity index is 1200. The van der Waals surface area contributed by atoms with Crippen molar-refractivity contribution >= 4 is 23.0 Å². The van der Waals surface area contributed by atoms with E-state index in [-0.39, 0.29) is 5.91 Å². The fourth-order valence-electron chi connectivity index (χ4n) is 5.03. The number of anilines is 3. The van der Waals surface area contributed by atoms with Crippen LogP contribution in [-0.4, -0.2) is 68.3 Å². The van der Waals surface area contributed by atoms with Crippen molar-refractivity contribution in [1.29, 1.82) is 0 Å². The van der Waals surface area contributed by atoms with Gasteiger partial charge in [-0.2, -0.15) is 0 Å². The van der Waals surface area contributed by atoms with Gasteiger partial charge in [-0.3, -0.25) is 14.7 Å². The molecule has 3 heterocycles. The molecule has 0 unspecified atom stereocenters. The van der Waals surface area contributed by atoms with Gasteiger partial charge in [-0.25, -0.2) is 0 Å². The first-order chi connectivity index (χ1) is 18.2. The van der Waals surface area contributed by atoms with Gasteiger partial charge in [0.2, 0.25) is 0 Å². The molecule has 1 aromatic heterocycles. The molecule has 37 heavy (non-hydrogen) atoms. The van der Waals surface area contributed by atoms with Crippen LogP contribution in [0.4, 0.5) is 17.1 Å². The van der Waals surface area contributed by atoms with Crippen molar-refractivity contribution in [3.8, 4) is 11.3 Å². The van der Waals surface area contributed by atoms with Crippen LogP contribution in [0.1, 0.15) is 35.2 Å². The van der Waals surface area contributed by atoms with E-state index in [9.17, 15) is 4.79 Å². The Hall–Kier alpha value is -3.42. The van der Waals surface area contributed by atoms with Crippen molar-refractivity contribution in [2.75, 3.05) is 68.0 Å². The van der Waals surface area contributed by atoms with Gasteiger partial charge in [0.05, 0.1) is 24.6 Å². The van der Waals surface area contributed by atoms with Crippen molar-refractivity contribution in [2.24, 2.45) is 0 Å². The Morgan fingerprint density at radius 1 is 0.973 bits per heavy atom. The normalized spacial score (nSPS) is 16.4. The summed E-state index contributed by atoms with van der Waals surface area (Å²) in [4.78, 5) is 22.8. The zero-order valence-electron chi connectivity index (χ0n) is 21.7. The van der Waals surface area contributed by atoms with Crippen molar-refractivity contribution < 1.29 is 9.53 Å². The Morgan fingerprint density at radius 3 is 2.62 bits per heavy atom. The van der Waals surface area contributed by atoms with E-state index in [1.165, 1.54) is 24.9 Å². The zero-order valence-corrected chi connectivity index (χ0v) is 21.7. The molecule has 194 valence electrons. The molecule has 0 atom stereocenters. The van der Waals surface area contributed by atoms with Gasteiger partial charge in [0.15, 0.2) is 0 Å². The molecule has 0 aliphatic carbocycles. The van der Waals surface area contributed by atoms with E-state index in [2.05, 4.69) is 50.5 Å². The predicted molar refractivity (Wildman–Crippen MR) is 151 cm³/mol. The number of piperidine rings is 1. The number of benzene rings is 2. The summed E-state index contributed by atoms with van der Waals surface area (Å²) in [5.41, 5.74) is 6.48. The Labute approximate surface area is 219 Å². The summed E-state index contributed by atoms with van der Waals surface area (Å²) in [6, 6.07) is 18.1. The molecule has 2 N–H and O–H groups in total. The fourth-order valence-corrected chi connectivity index (χ4v) is 5.03. The van der Waals surface area contributed by atoms with Crippen LogP contribution in [0.3, 0.4) is 0 Å². The zero-order chi connectivity index (χ0) is 25.5. The van der Waals surface area contributed by atoms with Crippen molar-refractivity contribution in [3.05, 3.63) is 71.9 Å².